The maximum absolute atomic E-state index is 13.7. The summed E-state index contributed by atoms with van der Waals surface area (Å²) in [5, 5.41) is 14.5. The number of nitrogens with one attached hydrogen (secondary N) is 1. The van der Waals surface area contributed by atoms with Gasteiger partial charge in [-0.2, -0.15) is 0 Å². The Morgan fingerprint density at radius 2 is 1.92 bits per heavy atom. The molecule has 2 aromatic carbocycles. The van der Waals surface area contributed by atoms with Gasteiger partial charge in [0.15, 0.2) is 0 Å². The van der Waals surface area contributed by atoms with Crippen LogP contribution in [0, 0.1) is 22.9 Å². The molecule has 0 aromatic heterocycles. The van der Waals surface area contributed by atoms with Crippen LogP contribution in [0.15, 0.2) is 42.5 Å². The molecule has 1 aliphatic heterocycles. The van der Waals surface area contributed by atoms with Gasteiger partial charge in [0.25, 0.3) is 5.69 Å². The number of anilines is 2. The zero-order valence-electron chi connectivity index (χ0n) is 13.5. The summed E-state index contributed by atoms with van der Waals surface area (Å²) >= 11 is 0. The summed E-state index contributed by atoms with van der Waals surface area (Å²) in [6, 6.07) is 12.1. The molecule has 0 bridgehead atoms. The van der Waals surface area contributed by atoms with Gasteiger partial charge in [0, 0.05) is 25.2 Å². The van der Waals surface area contributed by atoms with Gasteiger partial charge in [-0.15, -0.1) is 0 Å². The molecular formula is C18H20FN3O2. The van der Waals surface area contributed by atoms with Crippen LogP contribution in [0.3, 0.4) is 0 Å². The second-order valence-corrected chi connectivity index (χ2v) is 6.13. The molecule has 0 atom stereocenters. The number of aryl methyl sites for hydroxylation is 1. The van der Waals surface area contributed by atoms with Crippen molar-refractivity contribution in [3.8, 4) is 0 Å². The number of hydrogen-bond acceptors (Lipinski definition) is 4. The Bertz CT molecular complexity index is 743. The molecule has 24 heavy (non-hydrogen) atoms. The van der Waals surface area contributed by atoms with Crippen molar-refractivity contribution in [1.29, 1.82) is 0 Å². The molecule has 6 heteroatoms. The first-order chi connectivity index (χ1) is 11.5. The highest BCUT2D eigenvalue weighted by atomic mass is 19.1. The smallest absolute Gasteiger partial charge is 0.292 e. The summed E-state index contributed by atoms with van der Waals surface area (Å²) in [7, 11) is 0. The third-order valence-corrected chi connectivity index (χ3v) is 4.40. The van der Waals surface area contributed by atoms with Crippen LogP contribution in [0.2, 0.25) is 0 Å². The third kappa shape index (κ3) is 3.48. The van der Waals surface area contributed by atoms with Crippen molar-refractivity contribution >= 4 is 17.1 Å². The lowest BCUT2D eigenvalue weighted by atomic mass is 10.0. The fourth-order valence-corrected chi connectivity index (χ4v) is 3.11. The van der Waals surface area contributed by atoms with Crippen molar-refractivity contribution in [2.45, 2.75) is 25.8 Å². The molecule has 0 aliphatic carbocycles. The Hall–Kier alpha value is -2.63. The monoisotopic (exact) mass is 329 g/mol. The van der Waals surface area contributed by atoms with E-state index >= 15 is 0 Å². The minimum Gasteiger partial charge on any atom is -0.380 e. The molecular weight excluding hydrogens is 309 g/mol. The number of nitro groups is 1. The second-order valence-electron chi connectivity index (χ2n) is 6.13. The van der Waals surface area contributed by atoms with Crippen LogP contribution in [-0.4, -0.2) is 24.1 Å². The molecule has 0 amide bonds. The van der Waals surface area contributed by atoms with E-state index in [1.54, 1.807) is 24.3 Å². The summed E-state index contributed by atoms with van der Waals surface area (Å²) in [4.78, 5) is 13.0. The Kier molecular flexibility index (Phi) is 4.64. The molecule has 126 valence electrons. The van der Waals surface area contributed by atoms with E-state index in [9.17, 15) is 14.5 Å². The maximum Gasteiger partial charge on any atom is 0.292 e. The number of nitro benzene ring substituents is 1. The van der Waals surface area contributed by atoms with E-state index in [0.29, 0.717) is 24.5 Å². The number of rotatable bonds is 4. The molecule has 1 aliphatic rings. The highest BCUT2D eigenvalue weighted by molar-refractivity contribution is 5.64. The Labute approximate surface area is 140 Å². The predicted molar refractivity (Wildman–Crippen MR) is 93.1 cm³/mol. The lowest BCUT2D eigenvalue weighted by Gasteiger charge is -2.34. The van der Waals surface area contributed by atoms with Gasteiger partial charge in [0.1, 0.15) is 11.5 Å². The molecule has 1 N–H and O–H groups in total. The Morgan fingerprint density at radius 3 is 2.58 bits per heavy atom. The number of para-hydroxylation sites is 1. The van der Waals surface area contributed by atoms with E-state index in [4.69, 9.17) is 0 Å². The third-order valence-electron chi connectivity index (χ3n) is 4.40. The van der Waals surface area contributed by atoms with E-state index in [2.05, 4.69) is 5.32 Å². The van der Waals surface area contributed by atoms with Crippen LogP contribution in [0.5, 0.6) is 0 Å². The normalized spacial score (nSPS) is 15.3. The number of halogens is 1. The summed E-state index contributed by atoms with van der Waals surface area (Å²) in [5.41, 5.74) is 2.20. The van der Waals surface area contributed by atoms with Crippen LogP contribution >= 0.6 is 0 Å². The van der Waals surface area contributed by atoms with Crippen LogP contribution in [-0.2, 0) is 0 Å². The van der Waals surface area contributed by atoms with Crippen molar-refractivity contribution in [1.82, 2.24) is 0 Å². The van der Waals surface area contributed by atoms with Crippen molar-refractivity contribution in [2.24, 2.45) is 0 Å². The van der Waals surface area contributed by atoms with E-state index in [1.807, 2.05) is 24.0 Å². The quantitative estimate of drug-likeness (QED) is 0.677. The van der Waals surface area contributed by atoms with Crippen LogP contribution < -0.4 is 10.2 Å². The average Bonchev–Trinajstić information content (AvgIpc) is 2.58. The van der Waals surface area contributed by atoms with E-state index in [1.165, 1.54) is 6.07 Å². The van der Waals surface area contributed by atoms with Gasteiger partial charge in [-0.05, 0) is 43.5 Å². The zero-order valence-corrected chi connectivity index (χ0v) is 13.5. The zero-order chi connectivity index (χ0) is 17.1. The summed E-state index contributed by atoms with van der Waals surface area (Å²) in [5.74, 6) is -0.255. The second kappa shape index (κ2) is 6.86. The van der Waals surface area contributed by atoms with Crippen LogP contribution in [0.1, 0.15) is 18.4 Å². The van der Waals surface area contributed by atoms with E-state index < -0.39 is 0 Å². The number of nitrogens with zero attached hydrogens (tertiary/aromatic N) is 2. The fourth-order valence-electron chi connectivity index (χ4n) is 3.11. The standard InChI is InChI=1S/C18H20FN3O2/c1-13-6-7-17(18(12-13)22(23)24)21-10-8-14(9-11-21)20-16-5-3-2-4-15(16)19/h2-7,12,14,20H,8-11H2,1H3. The molecule has 5 nitrogen and oxygen atoms in total. The van der Waals surface area contributed by atoms with Gasteiger partial charge < -0.3 is 10.2 Å². The molecule has 1 heterocycles. The van der Waals surface area contributed by atoms with Crippen molar-refractivity contribution < 1.29 is 9.31 Å². The van der Waals surface area contributed by atoms with Crippen molar-refractivity contribution in [3.05, 3.63) is 64.0 Å². The summed E-state index contributed by atoms with van der Waals surface area (Å²) in [6.07, 6.45) is 1.61. The van der Waals surface area contributed by atoms with Gasteiger partial charge >= 0.3 is 0 Å². The molecule has 3 rings (SSSR count). The molecule has 0 saturated carbocycles. The molecule has 2 aromatic rings. The Morgan fingerprint density at radius 1 is 1.21 bits per heavy atom. The lowest BCUT2D eigenvalue weighted by Crippen LogP contribution is -2.39. The molecule has 1 fully saturated rings. The number of benzene rings is 2. The first-order valence-corrected chi connectivity index (χ1v) is 8.05. The van der Waals surface area contributed by atoms with Crippen LogP contribution in [0.4, 0.5) is 21.5 Å². The van der Waals surface area contributed by atoms with E-state index in [0.717, 1.165) is 18.4 Å². The van der Waals surface area contributed by atoms with Gasteiger partial charge in [-0.1, -0.05) is 18.2 Å². The first-order valence-electron chi connectivity index (χ1n) is 8.05. The van der Waals surface area contributed by atoms with Gasteiger partial charge in [-0.3, -0.25) is 10.1 Å². The fraction of sp³-hybridized carbons (Fsp3) is 0.333. The minimum absolute atomic E-state index is 0.149. The highest BCUT2D eigenvalue weighted by Gasteiger charge is 2.25. The maximum atomic E-state index is 13.7. The predicted octanol–water partition coefficient (Wildman–Crippen LogP) is 4.12. The van der Waals surface area contributed by atoms with Gasteiger partial charge in [-0.25, -0.2) is 4.39 Å². The largest absolute Gasteiger partial charge is 0.380 e. The van der Waals surface area contributed by atoms with Crippen molar-refractivity contribution in [3.63, 3.8) is 0 Å². The van der Waals surface area contributed by atoms with Gasteiger partial charge in [0.2, 0.25) is 0 Å². The SMILES string of the molecule is Cc1ccc(N2CCC(Nc3ccccc3F)CC2)c([N+](=O)[O-])c1. The summed E-state index contributed by atoms with van der Waals surface area (Å²) in [6.45, 7) is 3.26. The highest BCUT2D eigenvalue weighted by Crippen LogP contribution is 2.31. The number of hydrogen-bond donors (Lipinski definition) is 1. The molecule has 0 radical (unpaired) electrons. The summed E-state index contributed by atoms with van der Waals surface area (Å²) < 4.78 is 13.7. The van der Waals surface area contributed by atoms with E-state index in [-0.39, 0.29) is 22.5 Å². The number of piperidine rings is 1. The molecule has 0 unspecified atom stereocenters. The molecule has 0 spiro atoms. The van der Waals surface area contributed by atoms with Gasteiger partial charge in [0.05, 0.1) is 10.6 Å². The lowest BCUT2D eigenvalue weighted by molar-refractivity contribution is -0.384. The van der Waals surface area contributed by atoms with Crippen molar-refractivity contribution in [2.75, 3.05) is 23.3 Å². The average molecular weight is 329 g/mol. The topological polar surface area (TPSA) is 58.4 Å². The molecule has 1 saturated heterocycles. The minimum atomic E-state index is -0.327. The Balaban J connectivity index is 1.67. The first kappa shape index (κ1) is 16.2. The van der Waals surface area contributed by atoms with Crippen LogP contribution in [0.25, 0.3) is 0 Å².